The molecule has 2 aromatic carbocycles. The first-order chi connectivity index (χ1) is 9.86. The van der Waals surface area contributed by atoms with Crippen LogP contribution in [0, 0.1) is 0 Å². The fourth-order valence-electron chi connectivity index (χ4n) is 1.92. The Balaban J connectivity index is 1.99. The van der Waals surface area contributed by atoms with E-state index in [1.165, 1.54) is 5.56 Å². The summed E-state index contributed by atoms with van der Waals surface area (Å²) < 4.78 is 5.30. The SMILES string of the molecule is CC(C)(C)c1ccc(C(=O)OCc2ccc(Cl)cc2)cc1. The number of ether oxygens (including phenoxy) is 1. The lowest BCUT2D eigenvalue weighted by Crippen LogP contribution is -2.12. The average molecular weight is 303 g/mol. The van der Waals surface area contributed by atoms with E-state index < -0.39 is 0 Å². The molecule has 0 saturated carbocycles. The predicted octanol–water partition coefficient (Wildman–Crippen LogP) is 4.99. The summed E-state index contributed by atoms with van der Waals surface area (Å²) in [7, 11) is 0. The van der Waals surface area contributed by atoms with Gasteiger partial charge in [-0.2, -0.15) is 0 Å². The molecule has 0 aliphatic heterocycles. The lowest BCUT2D eigenvalue weighted by molar-refractivity contribution is 0.0472. The fourth-order valence-corrected chi connectivity index (χ4v) is 2.05. The number of rotatable bonds is 3. The lowest BCUT2D eigenvalue weighted by Gasteiger charge is -2.18. The Labute approximate surface area is 130 Å². The molecule has 2 nitrogen and oxygen atoms in total. The molecule has 0 bridgehead atoms. The zero-order valence-electron chi connectivity index (χ0n) is 12.5. The summed E-state index contributed by atoms with van der Waals surface area (Å²) in [6, 6.07) is 14.8. The van der Waals surface area contributed by atoms with Crippen molar-refractivity contribution < 1.29 is 9.53 Å². The largest absolute Gasteiger partial charge is 0.457 e. The third-order valence-electron chi connectivity index (χ3n) is 3.27. The average Bonchev–Trinajstić information content (AvgIpc) is 2.45. The quantitative estimate of drug-likeness (QED) is 0.746. The maximum atomic E-state index is 12.0. The van der Waals surface area contributed by atoms with Gasteiger partial charge in [-0.15, -0.1) is 0 Å². The summed E-state index contributed by atoms with van der Waals surface area (Å²) in [5.74, 6) is -0.314. The number of esters is 1. The molecule has 0 radical (unpaired) electrons. The van der Waals surface area contributed by atoms with Crippen LogP contribution in [-0.4, -0.2) is 5.97 Å². The summed E-state index contributed by atoms with van der Waals surface area (Å²) in [5, 5.41) is 0.669. The van der Waals surface area contributed by atoms with Crippen LogP contribution in [0.5, 0.6) is 0 Å². The smallest absolute Gasteiger partial charge is 0.338 e. The molecule has 3 heteroatoms. The van der Waals surface area contributed by atoms with Gasteiger partial charge < -0.3 is 4.74 Å². The van der Waals surface area contributed by atoms with Crippen LogP contribution < -0.4 is 0 Å². The van der Waals surface area contributed by atoms with E-state index in [1.807, 2.05) is 36.4 Å². The Hall–Kier alpha value is -1.80. The van der Waals surface area contributed by atoms with Crippen molar-refractivity contribution in [1.82, 2.24) is 0 Å². The molecule has 0 amide bonds. The van der Waals surface area contributed by atoms with Gasteiger partial charge in [0, 0.05) is 5.02 Å². The molecule has 2 aromatic rings. The molecule has 0 unspecified atom stereocenters. The minimum Gasteiger partial charge on any atom is -0.457 e. The highest BCUT2D eigenvalue weighted by atomic mass is 35.5. The van der Waals surface area contributed by atoms with Gasteiger partial charge in [-0.1, -0.05) is 56.6 Å². The Morgan fingerprint density at radius 1 is 1.00 bits per heavy atom. The van der Waals surface area contributed by atoms with Crippen LogP contribution >= 0.6 is 11.6 Å². The molecule has 0 atom stereocenters. The van der Waals surface area contributed by atoms with E-state index in [-0.39, 0.29) is 18.0 Å². The molecule has 21 heavy (non-hydrogen) atoms. The van der Waals surface area contributed by atoms with E-state index >= 15 is 0 Å². The van der Waals surface area contributed by atoms with Gasteiger partial charge in [0.1, 0.15) is 6.61 Å². The van der Waals surface area contributed by atoms with E-state index in [1.54, 1.807) is 12.1 Å². The number of hydrogen-bond acceptors (Lipinski definition) is 2. The van der Waals surface area contributed by atoms with E-state index in [2.05, 4.69) is 20.8 Å². The van der Waals surface area contributed by atoms with Crippen LogP contribution in [0.15, 0.2) is 48.5 Å². The standard InChI is InChI=1S/C18H19ClO2/c1-18(2,3)15-8-6-14(7-9-15)17(20)21-12-13-4-10-16(19)11-5-13/h4-11H,12H2,1-3H3. The normalized spacial score (nSPS) is 11.2. The van der Waals surface area contributed by atoms with Gasteiger partial charge in [0.05, 0.1) is 5.56 Å². The number of carbonyl (C=O) groups is 1. The first kappa shape index (κ1) is 15.6. The summed E-state index contributed by atoms with van der Waals surface area (Å²) >= 11 is 5.81. The third-order valence-corrected chi connectivity index (χ3v) is 3.52. The molecule has 0 N–H and O–H groups in total. The molecule has 0 heterocycles. The van der Waals surface area contributed by atoms with E-state index in [0.29, 0.717) is 10.6 Å². The van der Waals surface area contributed by atoms with Crippen LogP contribution in [-0.2, 0) is 16.8 Å². The van der Waals surface area contributed by atoms with Crippen molar-refractivity contribution in [3.05, 3.63) is 70.2 Å². The number of carbonyl (C=O) groups excluding carboxylic acids is 1. The second-order valence-corrected chi connectivity index (χ2v) is 6.47. The van der Waals surface area contributed by atoms with Crippen molar-refractivity contribution in [2.24, 2.45) is 0 Å². The van der Waals surface area contributed by atoms with E-state index in [9.17, 15) is 4.79 Å². The second-order valence-electron chi connectivity index (χ2n) is 6.03. The Bertz CT molecular complexity index is 607. The van der Waals surface area contributed by atoms with Crippen molar-refractivity contribution in [3.63, 3.8) is 0 Å². The first-order valence-corrected chi connectivity index (χ1v) is 7.26. The van der Waals surface area contributed by atoms with Gasteiger partial charge >= 0.3 is 5.97 Å². The highest BCUT2D eigenvalue weighted by molar-refractivity contribution is 6.30. The lowest BCUT2D eigenvalue weighted by atomic mass is 9.87. The molecule has 0 fully saturated rings. The maximum Gasteiger partial charge on any atom is 0.338 e. The maximum absolute atomic E-state index is 12.0. The number of hydrogen-bond donors (Lipinski definition) is 0. The summed E-state index contributed by atoms with van der Waals surface area (Å²) in [4.78, 5) is 12.0. The molecule has 0 aliphatic rings. The summed E-state index contributed by atoms with van der Waals surface area (Å²) in [6.45, 7) is 6.67. The van der Waals surface area contributed by atoms with Crippen molar-refractivity contribution in [1.29, 1.82) is 0 Å². The predicted molar refractivity (Wildman–Crippen MR) is 85.7 cm³/mol. The molecule has 2 rings (SSSR count). The minimum absolute atomic E-state index is 0.0751. The molecular formula is C18H19ClO2. The first-order valence-electron chi connectivity index (χ1n) is 6.88. The Kier molecular flexibility index (Phi) is 4.69. The van der Waals surface area contributed by atoms with Crippen molar-refractivity contribution in [3.8, 4) is 0 Å². The van der Waals surface area contributed by atoms with E-state index in [0.717, 1.165) is 5.56 Å². The molecule has 0 aromatic heterocycles. The van der Waals surface area contributed by atoms with Crippen molar-refractivity contribution in [2.45, 2.75) is 32.8 Å². The fraction of sp³-hybridized carbons (Fsp3) is 0.278. The van der Waals surface area contributed by atoms with Crippen LogP contribution in [0.2, 0.25) is 5.02 Å². The highest BCUT2D eigenvalue weighted by Gasteiger charge is 2.14. The molecule has 0 spiro atoms. The van der Waals surface area contributed by atoms with Crippen LogP contribution in [0.1, 0.15) is 42.3 Å². The molecule has 0 saturated heterocycles. The number of halogens is 1. The highest BCUT2D eigenvalue weighted by Crippen LogP contribution is 2.22. The molecule has 110 valence electrons. The zero-order valence-corrected chi connectivity index (χ0v) is 13.3. The van der Waals surface area contributed by atoms with Gasteiger partial charge in [-0.3, -0.25) is 0 Å². The molecule has 0 aliphatic carbocycles. The molecular weight excluding hydrogens is 284 g/mol. The van der Waals surface area contributed by atoms with Crippen LogP contribution in [0.4, 0.5) is 0 Å². The van der Waals surface area contributed by atoms with Crippen LogP contribution in [0.25, 0.3) is 0 Å². The van der Waals surface area contributed by atoms with Crippen LogP contribution in [0.3, 0.4) is 0 Å². The Morgan fingerprint density at radius 3 is 2.10 bits per heavy atom. The number of benzene rings is 2. The van der Waals surface area contributed by atoms with Crippen molar-refractivity contribution >= 4 is 17.6 Å². The summed E-state index contributed by atoms with van der Waals surface area (Å²) in [5.41, 5.74) is 2.75. The summed E-state index contributed by atoms with van der Waals surface area (Å²) in [6.07, 6.45) is 0. The van der Waals surface area contributed by atoms with Gasteiger partial charge in [0.2, 0.25) is 0 Å². The van der Waals surface area contributed by atoms with E-state index in [4.69, 9.17) is 16.3 Å². The Morgan fingerprint density at radius 2 is 1.57 bits per heavy atom. The monoisotopic (exact) mass is 302 g/mol. The second kappa shape index (κ2) is 6.31. The van der Waals surface area contributed by atoms with Gasteiger partial charge in [-0.25, -0.2) is 4.79 Å². The minimum atomic E-state index is -0.314. The topological polar surface area (TPSA) is 26.3 Å². The van der Waals surface area contributed by atoms with Gasteiger partial charge in [0.25, 0.3) is 0 Å². The third kappa shape index (κ3) is 4.33. The zero-order chi connectivity index (χ0) is 15.5. The van der Waals surface area contributed by atoms with Gasteiger partial charge in [-0.05, 0) is 40.8 Å². The van der Waals surface area contributed by atoms with Gasteiger partial charge in [0.15, 0.2) is 0 Å². The van der Waals surface area contributed by atoms with Crippen molar-refractivity contribution in [2.75, 3.05) is 0 Å².